The Morgan fingerprint density at radius 3 is 2.81 bits per heavy atom. The molecule has 0 saturated carbocycles. The van der Waals surface area contributed by atoms with Gasteiger partial charge in [-0.2, -0.15) is 0 Å². The molecule has 2 heterocycles. The highest BCUT2D eigenvalue weighted by Gasteiger charge is 2.32. The van der Waals surface area contributed by atoms with Gasteiger partial charge in [-0.3, -0.25) is 14.5 Å². The van der Waals surface area contributed by atoms with E-state index < -0.39 is 0 Å². The SMILES string of the molecule is CCNC(=O)[C@@H]1CCN(C(=O)c2cc(CN(C)Cc3ccccc3)on2)C1. The third-order valence-corrected chi connectivity index (χ3v) is 4.70. The van der Waals surface area contributed by atoms with E-state index in [-0.39, 0.29) is 17.7 Å². The predicted molar refractivity (Wildman–Crippen MR) is 101 cm³/mol. The van der Waals surface area contributed by atoms with E-state index in [4.69, 9.17) is 4.52 Å². The Morgan fingerprint density at radius 2 is 2.07 bits per heavy atom. The maximum absolute atomic E-state index is 12.6. The third kappa shape index (κ3) is 4.95. The van der Waals surface area contributed by atoms with Gasteiger partial charge in [0.1, 0.15) is 0 Å². The Bertz CT molecular complexity index is 775. The van der Waals surface area contributed by atoms with Crippen molar-refractivity contribution in [2.75, 3.05) is 26.7 Å². The number of likely N-dealkylation sites (tertiary alicyclic amines) is 1. The minimum absolute atomic E-state index is 0.0104. The van der Waals surface area contributed by atoms with Gasteiger partial charge in [0, 0.05) is 32.2 Å². The zero-order valence-corrected chi connectivity index (χ0v) is 15.9. The molecule has 0 aliphatic carbocycles. The number of hydrogen-bond donors (Lipinski definition) is 1. The van der Waals surface area contributed by atoms with Gasteiger partial charge in [-0.05, 0) is 26.0 Å². The second-order valence-electron chi connectivity index (χ2n) is 6.97. The van der Waals surface area contributed by atoms with E-state index in [1.807, 2.05) is 32.2 Å². The molecule has 1 fully saturated rings. The number of amides is 2. The molecule has 0 unspecified atom stereocenters. The summed E-state index contributed by atoms with van der Waals surface area (Å²) in [5.41, 5.74) is 1.51. The smallest absolute Gasteiger partial charge is 0.276 e. The van der Waals surface area contributed by atoms with E-state index in [1.54, 1.807) is 11.0 Å². The minimum atomic E-state index is -0.178. The molecule has 0 spiro atoms. The fraction of sp³-hybridized carbons (Fsp3) is 0.450. The molecule has 7 heteroatoms. The summed E-state index contributed by atoms with van der Waals surface area (Å²) >= 11 is 0. The maximum atomic E-state index is 12.6. The first-order valence-corrected chi connectivity index (χ1v) is 9.32. The highest BCUT2D eigenvalue weighted by atomic mass is 16.5. The van der Waals surface area contributed by atoms with Crippen LogP contribution in [-0.2, 0) is 17.9 Å². The van der Waals surface area contributed by atoms with E-state index in [9.17, 15) is 9.59 Å². The molecule has 144 valence electrons. The second kappa shape index (κ2) is 8.81. The molecule has 0 radical (unpaired) electrons. The molecule has 3 rings (SSSR count). The van der Waals surface area contributed by atoms with Gasteiger partial charge in [0.2, 0.25) is 5.91 Å². The molecule has 2 amide bonds. The molecule has 1 saturated heterocycles. The average Bonchev–Trinajstić information content (AvgIpc) is 3.32. The lowest BCUT2D eigenvalue weighted by Gasteiger charge is -2.15. The Balaban J connectivity index is 1.54. The van der Waals surface area contributed by atoms with Crippen molar-refractivity contribution in [3.63, 3.8) is 0 Å². The number of benzene rings is 1. The fourth-order valence-corrected chi connectivity index (χ4v) is 3.34. The van der Waals surface area contributed by atoms with Gasteiger partial charge in [-0.25, -0.2) is 0 Å². The summed E-state index contributed by atoms with van der Waals surface area (Å²) < 4.78 is 5.35. The van der Waals surface area contributed by atoms with Crippen LogP contribution in [-0.4, -0.2) is 53.5 Å². The van der Waals surface area contributed by atoms with Crippen molar-refractivity contribution in [2.45, 2.75) is 26.4 Å². The Kier molecular flexibility index (Phi) is 6.24. The Labute approximate surface area is 159 Å². The molecule has 27 heavy (non-hydrogen) atoms. The van der Waals surface area contributed by atoms with Gasteiger partial charge < -0.3 is 14.7 Å². The average molecular weight is 370 g/mol. The second-order valence-corrected chi connectivity index (χ2v) is 6.97. The van der Waals surface area contributed by atoms with Crippen molar-refractivity contribution in [3.8, 4) is 0 Å². The highest BCUT2D eigenvalue weighted by Crippen LogP contribution is 2.19. The van der Waals surface area contributed by atoms with Crippen LogP contribution >= 0.6 is 0 Å². The first-order valence-electron chi connectivity index (χ1n) is 9.32. The quantitative estimate of drug-likeness (QED) is 0.805. The van der Waals surface area contributed by atoms with Crippen LogP contribution in [0, 0.1) is 5.92 Å². The first kappa shape index (κ1) is 19.1. The molecule has 1 aliphatic heterocycles. The highest BCUT2D eigenvalue weighted by molar-refractivity contribution is 5.93. The lowest BCUT2D eigenvalue weighted by atomic mass is 10.1. The molecule has 2 aromatic rings. The van der Waals surface area contributed by atoms with Crippen LogP contribution in [0.2, 0.25) is 0 Å². The lowest BCUT2D eigenvalue weighted by Crippen LogP contribution is -2.34. The van der Waals surface area contributed by atoms with Gasteiger partial charge in [-0.15, -0.1) is 0 Å². The fourth-order valence-electron chi connectivity index (χ4n) is 3.34. The van der Waals surface area contributed by atoms with Crippen molar-refractivity contribution in [2.24, 2.45) is 5.92 Å². The number of nitrogens with one attached hydrogen (secondary N) is 1. The lowest BCUT2D eigenvalue weighted by molar-refractivity contribution is -0.124. The molecule has 0 bridgehead atoms. The van der Waals surface area contributed by atoms with Crippen molar-refractivity contribution in [3.05, 3.63) is 53.4 Å². The number of rotatable bonds is 7. The molecule has 7 nitrogen and oxygen atoms in total. The summed E-state index contributed by atoms with van der Waals surface area (Å²) in [5.74, 6) is 0.340. The van der Waals surface area contributed by atoms with Gasteiger partial charge in [0.25, 0.3) is 5.91 Å². The van der Waals surface area contributed by atoms with E-state index in [0.29, 0.717) is 44.1 Å². The van der Waals surface area contributed by atoms with E-state index in [1.165, 1.54) is 5.56 Å². The third-order valence-electron chi connectivity index (χ3n) is 4.70. The number of carbonyl (C=O) groups is 2. The maximum Gasteiger partial charge on any atom is 0.276 e. The van der Waals surface area contributed by atoms with Crippen LogP contribution in [0.15, 0.2) is 40.9 Å². The van der Waals surface area contributed by atoms with E-state index >= 15 is 0 Å². The zero-order chi connectivity index (χ0) is 19.2. The normalized spacial score (nSPS) is 16.7. The number of carbonyl (C=O) groups excluding carboxylic acids is 2. The molecule has 1 atom stereocenters. The number of nitrogens with zero attached hydrogens (tertiary/aromatic N) is 3. The summed E-state index contributed by atoms with van der Waals surface area (Å²) in [4.78, 5) is 28.3. The monoisotopic (exact) mass is 370 g/mol. The van der Waals surface area contributed by atoms with Gasteiger partial charge in [0.05, 0.1) is 12.5 Å². The van der Waals surface area contributed by atoms with Crippen molar-refractivity contribution in [1.82, 2.24) is 20.3 Å². The van der Waals surface area contributed by atoms with Crippen molar-refractivity contribution >= 4 is 11.8 Å². The summed E-state index contributed by atoms with van der Waals surface area (Å²) in [6, 6.07) is 11.9. The molecule has 1 aliphatic rings. The Morgan fingerprint density at radius 1 is 1.30 bits per heavy atom. The molecular formula is C20H26N4O3. The molecule has 1 aromatic heterocycles. The number of aromatic nitrogens is 1. The topological polar surface area (TPSA) is 78.7 Å². The summed E-state index contributed by atoms with van der Waals surface area (Å²) in [5, 5.41) is 6.75. The van der Waals surface area contributed by atoms with Gasteiger partial charge in [0.15, 0.2) is 11.5 Å². The van der Waals surface area contributed by atoms with Crippen LogP contribution in [0.3, 0.4) is 0 Å². The van der Waals surface area contributed by atoms with Crippen molar-refractivity contribution in [1.29, 1.82) is 0 Å². The molecule has 1 aromatic carbocycles. The standard InChI is InChI=1S/C20H26N4O3/c1-3-21-19(25)16-9-10-24(13-16)20(26)18-11-17(27-22-18)14-23(2)12-15-7-5-4-6-8-15/h4-8,11,16H,3,9-10,12-14H2,1-2H3,(H,21,25)/t16-/m1/s1. The first-order chi connectivity index (χ1) is 13.1. The summed E-state index contributed by atoms with van der Waals surface area (Å²) in [6.07, 6.45) is 0.683. The predicted octanol–water partition coefficient (Wildman–Crippen LogP) is 1.90. The van der Waals surface area contributed by atoms with E-state index in [2.05, 4.69) is 27.5 Å². The summed E-state index contributed by atoms with van der Waals surface area (Å²) in [6.45, 7) is 4.84. The van der Waals surface area contributed by atoms with Gasteiger partial charge >= 0.3 is 0 Å². The number of hydrogen-bond acceptors (Lipinski definition) is 5. The van der Waals surface area contributed by atoms with Crippen LogP contribution in [0.25, 0.3) is 0 Å². The van der Waals surface area contributed by atoms with Crippen LogP contribution in [0.1, 0.15) is 35.2 Å². The Hall–Kier alpha value is -2.67. The zero-order valence-electron chi connectivity index (χ0n) is 15.9. The molecule has 1 N–H and O–H groups in total. The molecular weight excluding hydrogens is 344 g/mol. The van der Waals surface area contributed by atoms with Gasteiger partial charge in [-0.1, -0.05) is 35.5 Å². The van der Waals surface area contributed by atoms with Crippen LogP contribution in [0.4, 0.5) is 0 Å². The largest absolute Gasteiger partial charge is 0.359 e. The van der Waals surface area contributed by atoms with Crippen LogP contribution in [0.5, 0.6) is 0 Å². The van der Waals surface area contributed by atoms with E-state index in [0.717, 1.165) is 6.54 Å². The summed E-state index contributed by atoms with van der Waals surface area (Å²) in [7, 11) is 1.99. The van der Waals surface area contributed by atoms with Crippen LogP contribution < -0.4 is 5.32 Å². The minimum Gasteiger partial charge on any atom is -0.359 e. The van der Waals surface area contributed by atoms with Crippen molar-refractivity contribution < 1.29 is 14.1 Å².